The average molecular weight is 492 g/mol. The van der Waals surface area contributed by atoms with Crippen LogP contribution in [0, 0.1) is 0 Å². The summed E-state index contributed by atoms with van der Waals surface area (Å²) in [6.07, 6.45) is 1.06. The predicted octanol–water partition coefficient (Wildman–Crippen LogP) is 2.01. The number of hydrogen-bond acceptors (Lipinski definition) is 7. The number of benzene rings is 2. The van der Waals surface area contributed by atoms with Crippen molar-refractivity contribution in [1.29, 1.82) is 0 Å². The molecule has 9 nitrogen and oxygen atoms in total. The van der Waals surface area contributed by atoms with Gasteiger partial charge in [0.1, 0.15) is 17.5 Å². The molecule has 1 atom stereocenters. The van der Waals surface area contributed by atoms with E-state index in [4.69, 9.17) is 14.2 Å². The number of rotatable bonds is 10. The van der Waals surface area contributed by atoms with Gasteiger partial charge in [-0.3, -0.25) is 14.0 Å². The van der Waals surface area contributed by atoms with Crippen molar-refractivity contribution in [2.45, 2.75) is 26.1 Å². The fourth-order valence-electron chi connectivity index (χ4n) is 3.87. The second-order valence-electron chi connectivity index (χ2n) is 8.20. The Bertz CT molecular complexity index is 1070. The molecule has 0 aromatic heterocycles. The van der Waals surface area contributed by atoms with Crippen LogP contribution in [0.5, 0.6) is 11.5 Å². The van der Waals surface area contributed by atoms with Crippen LogP contribution in [-0.2, 0) is 32.6 Å². The van der Waals surface area contributed by atoms with Gasteiger partial charge in [-0.2, -0.15) is 0 Å². The van der Waals surface area contributed by atoms with Gasteiger partial charge in [-0.25, -0.2) is 8.42 Å². The molecule has 1 unspecified atom stereocenters. The van der Waals surface area contributed by atoms with Gasteiger partial charge >= 0.3 is 0 Å². The summed E-state index contributed by atoms with van der Waals surface area (Å²) in [5.41, 5.74) is 2.36. The standard InChI is InChI=1S/C24H33N3O6S/c1-18(27(34(4,29)30)22-15-21(31-2)9-10-23(22)32-3)24(28)25-16-19-5-7-20(8-6-19)17-26-11-13-33-14-12-26/h5-10,15,18H,11-14,16-17H2,1-4H3,(H,25,28). The van der Waals surface area contributed by atoms with Gasteiger partial charge < -0.3 is 19.5 Å². The highest BCUT2D eigenvalue weighted by Crippen LogP contribution is 2.35. The fraction of sp³-hybridized carbons (Fsp3) is 0.458. The highest BCUT2D eigenvalue weighted by molar-refractivity contribution is 7.92. The number of carbonyl (C=O) groups excluding carboxylic acids is 1. The fourth-order valence-corrected chi connectivity index (χ4v) is 5.04. The lowest BCUT2D eigenvalue weighted by molar-refractivity contribution is -0.122. The normalized spacial score (nSPS) is 15.4. The van der Waals surface area contributed by atoms with E-state index in [9.17, 15) is 13.2 Å². The van der Waals surface area contributed by atoms with Gasteiger partial charge in [-0.05, 0) is 30.2 Å². The molecule has 1 aliphatic heterocycles. The van der Waals surface area contributed by atoms with Gasteiger partial charge in [0, 0.05) is 32.2 Å². The molecule has 2 aromatic carbocycles. The molecule has 0 radical (unpaired) electrons. The van der Waals surface area contributed by atoms with Crippen LogP contribution in [0.3, 0.4) is 0 Å². The Morgan fingerprint density at radius 2 is 1.74 bits per heavy atom. The van der Waals surface area contributed by atoms with E-state index >= 15 is 0 Å². The molecule has 186 valence electrons. The number of amides is 1. The summed E-state index contributed by atoms with van der Waals surface area (Å²) in [5, 5.41) is 2.84. The largest absolute Gasteiger partial charge is 0.497 e. The Balaban J connectivity index is 1.68. The molecule has 0 bridgehead atoms. The summed E-state index contributed by atoms with van der Waals surface area (Å²) < 4.78 is 42.3. The summed E-state index contributed by atoms with van der Waals surface area (Å²) in [4.78, 5) is 15.3. The number of carbonyl (C=O) groups is 1. The molecule has 1 heterocycles. The molecule has 10 heteroatoms. The Morgan fingerprint density at radius 1 is 1.09 bits per heavy atom. The molecule has 3 rings (SSSR count). The SMILES string of the molecule is COc1ccc(OC)c(N(C(C)C(=O)NCc2ccc(CN3CCOCC3)cc2)S(C)(=O)=O)c1. The van der Waals surface area contributed by atoms with Crippen molar-refractivity contribution in [1.82, 2.24) is 10.2 Å². The molecule has 1 fully saturated rings. The second-order valence-corrected chi connectivity index (χ2v) is 10.1. The summed E-state index contributed by atoms with van der Waals surface area (Å²) in [7, 11) is -0.871. The number of hydrogen-bond donors (Lipinski definition) is 1. The zero-order valence-electron chi connectivity index (χ0n) is 20.1. The van der Waals surface area contributed by atoms with Crippen LogP contribution in [0.4, 0.5) is 5.69 Å². The maximum atomic E-state index is 13.0. The van der Waals surface area contributed by atoms with Crippen molar-refractivity contribution in [2.75, 3.05) is 51.1 Å². The van der Waals surface area contributed by atoms with Crippen molar-refractivity contribution in [3.05, 3.63) is 53.6 Å². The summed E-state index contributed by atoms with van der Waals surface area (Å²) in [6, 6.07) is 11.8. The molecule has 34 heavy (non-hydrogen) atoms. The molecule has 0 aliphatic carbocycles. The number of ether oxygens (including phenoxy) is 3. The average Bonchev–Trinajstić information content (AvgIpc) is 2.83. The first kappa shape index (κ1) is 25.8. The van der Waals surface area contributed by atoms with Gasteiger partial charge in [0.15, 0.2) is 0 Å². The van der Waals surface area contributed by atoms with Crippen LogP contribution in [-0.4, -0.2) is 72.0 Å². The first-order valence-corrected chi connectivity index (χ1v) is 12.9. The number of methoxy groups -OCH3 is 2. The van der Waals surface area contributed by atoms with Crippen LogP contribution in [0.15, 0.2) is 42.5 Å². The maximum absolute atomic E-state index is 13.0. The number of nitrogens with zero attached hydrogens (tertiary/aromatic N) is 2. The van der Waals surface area contributed by atoms with E-state index in [0.29, 0.717) is 11.5 Å². The Labute approximate surface area is 201 Å². The smallest absolute Gasteiger partial charge is 0.243 e. The van der Waals surface area contributed by atoms with E-state index in [0.717, 1.165) is 49.0 Å². The van der Waals surface area contributed by atoms with Gasteiger partial charge in [-0.1, -0.05) is 24.3 Å². The van der Waals surface area contributed by atoms with Crippen molar-refractivity contribution < 1.29 is 27.4 Å². The summed E-state index contributed by atoms with van der Waals surface area (Å²) in [6.45, 7) is 6.05. The molecule has 0 spiro atoms. The Hall–Kier alpha value is -2.82. The first-order chi connectivity index (χ1) is 16.2. The zero-order valence-corrected chi connectivity index (χ0v) is 20.9. The van der Waals surface area contributed by atoms with Crippen LogP contribution >= 0.6 is 0 Å². The summed E-state index contributed by atoms with van der Waals surface area (Å²) >= 11 is 0. The molecule has 1 aliphatic rings. The molecule has 1 N–H and O–H groups in total. The number of anilines is 1. The second kappa shape index (κ2) is 11.5. The van der Waals surface area contributed by atoms with Crippen molar-refractivity contribution in [2.24, 2.45) is 0 Å². The maximum Gasteiger partial charge on any atom is 0.243 e. The van der Waals surface area contributed by atoms with Crippen molar-refractivity contribution in [3.8, 4) is 11.5 Å². The third-order valence-electron chi connectivity index (χ3n) is 5.71. The van der Waals surface area contributed by atoms with Crippen LogP contribution in [0.25, 0.3) is 0 Å². The van der Waals surface area contributed by atoms with Crippen LogP contribution in [0.2, 0.25) is 0 Å². The molecule has 1 saturated heterocycles. The number of morpholine rings is 1. The topological polar surface area (TPSA) is 97.4 Å². The van der Waals surface area contributed by atoms with Crippen molar-refractivity contribution >= 4 is 21.6 Å². The van der Waals surface area contributed by atoms with E-state index in [2.05, 4.69) is 10.2 Å². The van der Waals surface area contributed by atoms with Gasteiger partial charge in [-0.15, -0.1) is 0 Å². The highest BCUT2D eigenvalue weighted by atomic mass is 32.2. The lowest BCUT2D eigenvalue weighted by atomic mass is 10.1. The zero-order chi connectivity index (χ0) is 24.7. The quantitative estimate of drug-likeness (QED) is 0.543. The summed E-state index contributed by atoms with van der Waals surface area (Å²) in [5.74, 6) is 0.351. The highest BCUT2D eigenvalue weighted by Gasteiger charge is 2.31. The van der Waals surface area contributed by atoms with Crippen LogP contribution < -0.4 is 19.1 Å². The predicted molar refractivity (Wildman–Crippen MR) is 131 cm³/mol. The van der Waals surface area contributed by atoms with E-state index in [1.54, 1.807) is 19.1 Å². The monoisotopic (exact) mass is 491 g/mol. The lowest BCUT2D eigenvalue weighted by Gasteiger charge is -2.29. The minimum atomic E-state index is -3.80. The Morgan fingerprint density at radius 3 is 2.32 bits per heavy atom. The van der Waals surface area contributed by atoms with E-state index in [-0.39, 0.29) is 12.2 Å². The van der Waals surface area contributed by atoms with Crippen molar-refractivity contribution in [3.63, 3.8) is 0 Å². The third kappa shape index (κ3) is 6.62. The number of sulfonamides is 1. The minimum Gasteiger partial charge on any atom is -0.497 e. The first-order valence-electron chi connectivity index (χ1n) is 11.1. The van der Waals surface area contributed by atoms with Gasteiger partial charge in [0.2, 0.25) is 15.9 Å². The van der Waals surface area contributed by atoms with Crippen LogP contribution in [0.1, 0.15) is 18.1 Å². The third-order valence-corrected chi connectivity index (χ3v) is 6.94. The van der Waals surface area contributed by atoms with E-state index in [1.807, 2.05) is 24.3 Å². The minimum absolute atomic E-state index is 0.236. The molecule has 0 saturated carbocycles. The van der Waals surface area contributed by atoms with E-state index in [1.165, 1.54) is 25.8 Å². The van der Waals surface area contributed by atoms with Gasteiger partial charge in [0.05, 0.1) is 39.4 Å². The number of nitrogens with one attached hydrogen (secondary N) is 1. The molecular weight excluding hydrogens is 458 g/mol. The Kier molecular flexibility index (Phi) is 8.76. The molecule has 1 amide bonds. The molecular formula is C24H33N3O6S. The van der Waals surface area contributed by atoms with E-state index < -0.39 is 22.0 Å². The lowest BCUT2D eigenvalue weighted by Crippen LogP contribution is -2.47. The van der Waals surface area contributed by atoms with Gasteiger partial charge in [0.25, 0.3) is 0 Å². The molecule has 2 aromatic rings.